The summed E-state index contributed by atoms with van der Waals surface area (Å²) in [5.41, 5.74) is 5.99. The van der Waals surface area contributed by atoms with Crippen LogP contribution in [0.5, 0.6) is 0 Å². The van der Waals surface area contributed by atoms with Gasteiger partial charge in [0.2, 0.25) is 0 Å². The largest absolute Gasteiger partial charge is 0.352 e. The van der Waals surface area contributed by atoms with Crippen LogP contribution in [-0.4, -0.2) is 24.0 Å². The van der Waals surface area contributed by atoms with Crippen LogP contribution in [0.2, 0.25) is 0 Å². The predicted octanol–water partition coefficient (Wildman–Crippen LogP) is 2.83. The molecule has 2 fully saturated rings. The molecule has 0 saturated carbocycles. The molecule has 0 aliphatic carbocycles. The summed E-state index contributed by atoms with van der Waals surface area (Å²) in [5, 5.41) is 5.95. The number of rotatable bonds is 3. The fourth-order valence-electron chi connectivity index (χ4n) is 3.30. The number of hydrazine groups is 1. The molecule has 2 heterocycles. The molecule has 2 aliphatic heterocycles. The number of fused-ring (bicyclic) bond motifs is 1. The van der Waals surface area contributed by atoms with Crippen molar-refractivity contribution in [3.8, 4) is 0 Å². The van der Waals surface area contributed by atoms with Crippen LogP contribution in [0.3, 0.4) is 0 Å². The van der Waals surface area contributed by atoms with Gasteiger partial charge in [0.05, 0.1) is 6.17 Å². The number of hydrogen-bond acceptors (Lipinski definition) is 4. The van der Waals surface area contributed by atoms with E-state index in [0.717, 1.165) is 12.2 Å². The average Bonchev–Trinajstić information content (AvgIpc) is 3.09. The van der Waals surface area contributed by atoms with E-state index in [4.69, 9.17) is 0 Å². The van der Waals surface area contributed by atoms with E-state index in [1.165, 1.54) is 18.5 Å². The minimum atomic E-state index is 0.0973. The van der Waals surface area contributed by atoms with E-state index >= 15 is 0 Å². The number of nitrogens with one attached hydrogen (secondary N) is 2. The Kier molecular flexibility index (Phi) is 3.25. The minimum Gasteiger partial charge on any atom is -0.352 e. The average molecular weight is 280 g/mol. The first-order chi connectivity index (χ1) is 10.4. The summed E-state index contributed by atoms with van der Waals surface area (Å²) >= 11 is 0. The number of benzene rings is 2. The molecule has 0 radical (unpaired) electrons. The van der Waals surface area contributed by atoms with E-state index in [1.54, 1.807) is 0 Å². The maximum Gasteiger partial charge on any atom is 0.169 e. The van der Waals surface area contributed by atoms with Gasteiger partial charge in [-0.25, -0.2) is 10.4 Å². The maximum atomic E-state index is 3.60. The Hall–Kier alpha value is -2.04. The Bertz CT molecular complexity index is 586. The summed E-state index contributed by atoms with van der Waals surface area (Å²) in [6, 6.07) is 21.0. The molecule has 2 aromatic carbocycles. The first-order valence-electron chi connectivity index (χ1n) is 7.60. The van der Waals surface area contributed by atoms with Gasteiger partial charge < -0.3 is 10.2 Å². The van der Waals surface area contributed by atoms with Crippen LogP contribution in [-0.2, 0) is 0 Å². The fraction of sp³-hybridized carbons (Fsp3) is 0.294. The van der Waals surface area contributed by atoms with Gasteiger partial charge in [-0.05, 0) is 37.1 Å². The van der Waals surface area contributed by atoms with Crippen LogP contribution >= 0.6 is 0 Å². The third-order valence-electron chi connectivity index (χ3n) is 4.24. The highest BCUT2D eigenvalue weighted by Crippen LogP contribution is 2.31. The lowest BCUT2D eigenvalue weighted by atomic mass is 10.2. The van der Waals surface area contributed by atoms with Crippen molar-refractivity contribution in [1.82, 2.24) is 10.4 Å². The summed E-state index contributed by atoms with van der Waals surface area (Å²) in [6.45, 7) is 1.11. The van der Waals surface area contributed by atoms with Gasteiger partial charge in [-0.15, -0.1) is 0 Å². The Balaban J connectivity index is 1.62. The molecule has 0 amide bonds. The van der Waals surface area contributed by atoms with E-state index in [1.807, 2.05) is 6.07 Å². The topological polar surface area (TPSA) is 30.5 Å². The van der Waals surface area contributed by atoms with E-state index in [2.05, 4.69) is 75.2 Å². The number of nitrogens with zero attached hydrogens (tertiary/aromatic N) is 2. The van der Waals surface area contributed by atoms with Crippen molar-refractivity contribution < 1.29 is 0 Å². The molecular formula is C17H20N4. The Morgan fingerprint density at radius 3 is 2.43 bits per heavy atom. The van der Waals surface area contributed by atoms with Crippen molar-refractivity contribution in [2.24, 2.45) is 0 Å². The van der Waals surface area contributed by atoms with E-state index in [9.17, 15) is 0 Å². The zero-order valence-corrected chi connectivity index (χ0v) is 11.9. The third-order valence-corrected chi connectivity index (χ3v) is 4.24. The molecule has 0 bridgehead atoms. The lowest BCUT2D eigenvalue weighted by molar-refractivity contribution is 0.234. The van der Waals surface area contributed by atoms with Gasteiger partial charge in [0.15, 0.2) is 6.29 Å². The van der Waals surface area contributed by atoms with Crippen molar-refractivity contribution in [3.05, 3.63) is 60.7 Å². The summed E-state index contributed by atoms with van der Waals surface area (Å²) in [7, 11) is 0. The molecule has 2 aliphatic rings. The van der Waals surface area contributed by atoms with Crippen LogP contribution in [0, 0.1) is 0 Å². The second-order valence-electron chi connectivity index (χ2n) is 5.60. The van der Waals surface area contributed by atoms with Crippen LogP contribution in [0.1, 0.15) is 12.8 Å². The van der Waals surface area contributed by atoms with Crippen molar-refractivity contribution in [3.63, 3.8) is 0 Å². The van der Waals surface area contributed by atoms with Gasteiger partial charge in [-0.2, -0.15) is 0 Å². The maximum absolute atomic E-state index is 3.60. The molecule has 2 atom stereocenters. The zero-order chi connectivity index (χ0) is 14.1. The number of hydrogen-bond donors (Lipinski definition) is 2. The van der Waals surface area contributed by atoms with Crippen molar-refractivity contribution in [1.29, 1.82) is 0 Å². The first-order valence-corrected chi connectivity index (χ1v) is 7.60. The van der Waals surface area contributed by atoms with Gasteiger partial charge >= 0.3 is 0 Å². The van der Waals surface area contributed by atoms with Gasteiger partial charge in [0.25, 0.3) is 0 Å². The van der Waals surface area contributed by atoms with Gasteiger partial charge in [-0.3, -0.25) is 0 Å². The molecule has 4 rings (SSSR count). The number of para-hydroxylation sites is 2. The zero-order valence-electron chi connectivity index (χ0n) is 11.9. The molecule has 2 aromatic rings. The molecule has 2 N–H and O–H groups in total. The molecule has 0 spiro atoms. The number of anilines is 2. The van der Waals surface area contributed by atoms with Crippen molar-refractivity contribution in [2.45, 2.75) is 25.3 Å². The SMILES string of the molecule is c1ccc(NC2NN3CCCC3N2c2ccccc2)cc1. The van der Waals surface area contributed by atoms with Crippen molar-refractivity contribution >= 4 is 11.4 Å². The molecule has 21 heavy (non-hydrogen) atoms. The monoisotopic (exact) mass is 280 g/mol. The molecular weight excluding hydrogens is 260 g/mol. The minimum absolute atomic E-state index is 0.0973. The Morgan fingerprint density at radius 2 is 1.67 bits per heavy atom. The summed E-state index contributed by atoms with van der Waals surface area (Å²) in [4.78, 5) is 2.44. The highest BCUT2D eigenvalue weighted by Gasteiger charge is 2.41. The quantitative estimate of drug-likeness (QED) is 0.905. The highest BCUT2D eigenvalue weighted by molar-refractivity contribution is 5.53. The smallest absolute Gasteiger partial charge is 0.169 e. The molecule has 0 aromatic heterocycles. The second-order valence-corrected chi connectivity index (χ2v) is 5.60. The fourth-order valence-corrected chi connectivity index (χ4v) is 3.30. The normalized spacial score (nSPS) is 25.0. The summed E-state index contributed by atoms with van der Waals surface area (Å²) < 4.78 is 0. The van der Waals surface area contributed by atoms with E-state index in [-0.39, 0.29) is 6.29 Å². The van der Waals surface area contributed by atoms with Crippen LogP contribution in [0.25, 0.3) is 0 Å². The molecule has 2 unspecified atom stereocenters. The van der Waals surface area contributed by atoms with Crippen LogP contribution in [0.15, 0.2) is 60.7 Å². The molecule has 2 saturated heterocycles. The van der Waals surface area contributed by atoms with Gasteiger partial charge in [0, 0.05) is 17.9 Å². The molecule has 108 valence electrons. The van der Waals surface area contributed by atoms with Crippen LogP contribution in [0.4, 0.5) is 11.4 Å². The highest BCUT2D eigenvalue weighted by atomic mass is 15.7. The molecule has 4 heteroatoms. The Morgan fingerprint density at radius 1 is 0.952 bits per heavy atom. The van der Waals surface area contributed by atoms with E-state index < -0.39 is 0 Å². The van der Waals surface area contributed by atoms with Crippen molar-refractivity contribution in [2.75, 3.05) is 16.8 Å². The first kappa shape index (κ1) is 12.7. The van der Waals surface area contributed by atoms with Crippen LogP contribution < -0.4 is 15.6 Å². The predicted molar refractivity (Wildman–Crippen MR) is 85.6 cm³/mol. The summed E-state index contributed by atoms with van der Waals surface area (Å²) in [5.74, 6) is 0. The lowest BCUT2D eigenvalue weighted by Gasteiger charge is -2.30. The van der Waals surface area contributed by atoms with E-state index in [0.29, 0.717) is 6.17 Å². The molecule has 4 nitrogen and oxygen atoms in total. The third kappa shape index (κ3) is 2.37. The second kappa shape index (κ2) is 5.39. The Labute approximate surface area is 125 Å². The lowest BCUT2D eigenvalue weighted by Crippen LogP contribution is -2.45. The van der Waals surface area contributed by atoms with Gasteiger partial charge in [-0.1, -0.05) is 36.4 Å². The van der Waals surface area contributed by atoms with Gasteiger partial charge in [0.1, 0.15) is 0 Å². The summed E-state index contributed by atoms with van der Waals surface area (Å²) in [6.07, 6.45) is 2.99. The standard InChI is InChI=1S/C17H20N4/c1-3-8-14(9-4-1)18-17-19-20-13-7-12-16(20)21(17)15-10-5-2-6-11-15/h1-6,8-11,16-19H,7,12-13H2.